The molecule has 0 N–H and O–H groups in total. The summed E-state index contributed by atoms with van der Waals surface area (Å²) in [5, 5.41) is 40.5. The van der Waals surface area contributed by atoms with Gasteiger partial charge in [0.1, 0.15) is 0 Å². The summed E-state index contributed by atoms with van der Waals surface area (Å²) in [5.41, 5.74) is 16.3. The number of esters is 1. The molecule has 1 fully saturated rings. The zero-order valence-electron chi connectivity index (χ0n) is 34.1. The van der Waals surface area contributed by atoms with Crippen molar-refractivity contribution in [1.29, 1.82) is 0 Å². The van der Waals surface area contributed by atoms with Crippen molar-refractivity contribution in [2.45, 2.75) is 54.8 Å². The summed E-state index contributed by atoms with van der Waals surface area (Å²) < 4.78 is 5.36. The Morgan fingerprint density at radius 3 is 1.54 bits per heavy atom. The highest BCUT2D eigenvalue weighted by molar-refractivity contribution is 6.63. The number of carbonyl (C=O) groups excluding carboxylic acids is 1. The van der Waals surface area contributed by atoms with Crippen molar-refractivity contribution in [3.63, 3.8) is 0 Å². The quantitative estimate of drug-likeness (QED) is 0.0986. The summed E-state index contributed by atoms with van der Waals surface area (Å²) in [4.78, 5) is 13.1. The molecule has 1 unspecified atom stereocenters. The lowest BCUT2D eigenvalue weighted by Gasteiger charge is -2.73. The lowest BCUT2D eigenvalue weighted by atomic mass is 9.27. The van der Waals surface area contributed by atoms with Crippen molar-refractivity contribution in [3.8, 4) is 11.1 Å². The monoisotopic (exact) mass is 792 g/mol. The number of hydrogen-bond donors (Lipinski definition) is 0. The maximum Gasteiger partial charge on any atom is 0.305 e. The second-order valence-corrected chi connectivity index (χ2v) is 21.7. The third-order valence-corrected chi connectivity index (χ3v) is 20.5. The molecule has 15 aromatic carbocycles. The van der Waals surface area contributed by atoms with Crippen molar-refractivity contribution in [3.05, 3.63) is 129 Å². The molecule has 1 saturated carbocycles. The van der Waals surface area contributed by atoms with E-state index < -0.39 is 0 Å². The summed E-state index contributed by atoms with van der Waals surface area (Å²) in [5.74, 6) is -0.0996. The largest absolute Gasteiger partial charge is 0.469 e. The predicted molar refractivity (Wildman–Crippen MR) is 257 cm³/mol. The van der Waals surface area contributed by atoms with E-state index in [0.717, 1.165) is 32.1 Å². The van der Waals surface area contributed by atoms with E-state index in [-0.39, 0.29) is 22.2 Å². The topological polar surface area (TPSA) is 26.3 Å². The minimum absolute atomic E-state index is 0.0996. The van der Waals surface area contributed by atoms with Gasteiger partial charge in [-0.3, -0.25) is 4.79 Å². The molecule has 0 radical (unpaired) electrons. The molecule has 0 heterocycles. The molecule has 22 rings (SSSR count). The van der Waals surface area contributed by atoms with Crippen LogP contribution in [0.1, 0.15) is 75.8 Å². The Kier molecular flexibility index (Phi) is 3.45. The number of benzene rings is 12. The van der Waals surface area contributed by atoms with Crippen molar-refractivity contribution >= 4 is 146 Å². The van der Waals surface area contributed by atoms with E-state index >= 15 is 0 Å². The summed E-state index contributed by atoms with van der Waals surface area (Å²) >= 11 is 0. The van der Waals surface area contributed by atoms with Gasteiger partial charge in [0.2, 0.25) is 0 Å². The minimum Gasteiger partial charge on any atom is -0.469 e. The van der Waals surface area contributed by atoms with Crippen LogP contribution in [0.5, 0.6) is 0 Å². The lowest BCUT2D eigenvalue weighted by molar-refractivity contribution is -0.141. The van der Waals surface area contributed by atoms with Crippen LogP contribution < -0.4 is 0 Å². The normalized spacial score (nSPS) is 23.6. The van der Waals surface area contributed by atoms with Crippen LogP contribution in [0.25, 0.3) is 151 Å². The molecule has 1 atom stereocenters. The van der Waals surface area contributed by atoms with E-state index in [2.05, 4.69) is 78.9 Å². The number of methoxy groups -OCH3 is 1. The number of rotatable bonds is 5. The van der Waals surface area contributed by atoms with Crippen molar-refractivity contribution in [1.82, 2.24) is 0 Å². The van der Waals surface area contributed by atoms with Crippen LogP contribution in [0.4, 0.5) is 0 Å². The fourth-order valence-electron chi connectivity index (χ4n) is 19.6. The van der Waals surface area contributed by atoms with Crippen LogP contribution in [0.2, 0.25) is 0 Å². The fraction of sp³-hybridized carbons (Fsp3) is 0.164. The molecule has 2 heteroatoms. The zero-order valence-corrected chi connectivity index (χ0v) is 34.1. The average molecular weight is 793 g/mol. The molecule has 284 valence electrons. The highest BCUT2D eigenvalue weighted by Crippen LogP contribution is 2.88. The third-order valence-electron chi connectivity index (χ3n) is 20.5. The van der Waals surface area contributed by atoms with Gasteiger partial charge in [0.25, 0.3) is 0 Å². The predicted octanol–water partition coefficient (Wildman–Crippen LogP) is 14.4. The molecular formula is C61H28O2. The average Bonchev–Trinajstić information content (AvgIpc) is 4.16. The van der Waals surface area contributed by atoms with Gasteiger partial charge in [-0.25, -0.2) is 0 Å². The summed E-state index contributed by atoms with van der Waals surface area (Å²) in [6, 6.07) is 32.6. The SMILES string of the molecule is COC(=O)CCCC1(c2ccccc2)CC23c4c5c6c7c8ccc6c6cc9c%10c%11c(cc%12cc%13c%14c%15c(cc%16c%17ccc-8c(c%17c8c2c2c4c(c%10c65)c4c%11c%12c%14c4c2c%15c%168)C713)C%13)C9. The smallest absolute Gasteiger partial charge is 0.305 e. The van der Waals surface area contributed by atoms with Crippen LogP contribution in [0.15, 0.2) is 78.9 Å². The van der Waals surface area contributed by atoms with Crippen LogP contribution >= 0.6 is 0 Å². The maximum absolute atomic E-state index is 13.1. The van der Waals surface area contributed by atoms with Gasteiger partial charge in [-0.1, -0.05) is 66.7 Å². The van der Waals surface area contributed by atoms with Crippen molar-refractivity contribution in [2.24, 2.45) is 0 Å². The second-order valence-electron chi connectivity index (χ2n) is 21.7. The van der Waals surface area contributed by atoms with Gasteiger partial charge in [-0.15, -0.1) is 0 Å². The Morgan fingerprint density at radius 1 is 0.492 bits per heavy atom. The van der Waals surface area contributed by atoms with Gasteiger partial charge in [0.05, 0.1) is 7.11 Å². The summed E-state index contributed by atoms with van der Waals surface area (Å²) in [6.07, 6.45) is 5.25. The molecule has 2 spiro atoms. The Bertz CT molecular complexity index is 4740. The van der Waals surface area contributed by atoms with Crippen molar-refractivity contribution < 1.29 is 9.53 Å². The first-order chi connectivity index (χ1) is 31.1. The Morgan fingerprint density at radius 2 is 0.984 bits per heavy atom. The van der Waals surface area contributed by atoms with E-state index in [1.54, 1.807) is 154 Å². The first-order valence-electron chi connectivity index (χ1n) is 23.4. The molecule has 7 aliphatic rings. The number of carbonyl (C=O) groups is 1. The van der Waals surface area contributed by atoms with Crippen LogP contribution in [0, 0.1) is 0 Å². The van der Waals surface area contributed by atoms with Gasteiger partial charge in [0, 0.05) is 22.7 Å². The van der Waals surface area contributed by atoms with E-state index in [0.29, 0.717) is 6.42 Å². The first-order valence-corrected chi connectivity index (χ1v) is 23.4. The van der Waals surface area contributed by atoms with Gasteiger partial charge in [-0.2, -0.15) is 0 Å². The van der Waals surface area contributed by atoms with Crippen LogP contribution in [-0.2, 0) is 38.6 Å². The van der Waals surface area contributed by atoms with E-state index in [9.17, 15) is 4.79 Å². The molecule has 0 aliphatic heterocycles. The van der Waals surface area contributed by atoms with Crippen LogP contribution in [0.3, 0.4) is 0 Å². The zero-order chi connectivity index (χ0) is 39.6. The highest BCUT2D eigenvalue weighted by atomic mass is 16.5. The Hall–Kier alpha value is -7.03. The summed E-state index contributed by atoms with van der Waals surface area (Å²) in [7, 11) is 1.55. The van der Waals surface area contributed by atoms with Gasteiger partial charge in [0.15, 0.2) is 0 Å². The molecule has 0 aromatic heterocycles. The van der Waals surface area contributed by atoms with Crippen LogP contribution in [-0.4, -0.2) is 13.1 Å². The van der Waals surface area contributed by atoms with E-state index in [1.165, 1.54) is 54.7 Å². The number of fused-ring (bicyclic) bond motifs is 3. The fourth-order valence-corrected chi connectivity index (χ4v) is 19.6. The minimum atomic E-state index is -0.331. The Labute approximate surface area is 355 Å². The van der Waals surface area contributed by atoms with Gasteiger partial charge in [-0.05, 0) is 245 Å². The molecule has 0 bridgehead atoms. The molecule has 7 aliphatic carbocycles. The molecule has 15 aromatic rings. The standard InChI is InChI=1S/C61H28O2/c1-63-33(62)8-5-13-59(26-6-3-2-4-7-26)20-60-57-51-39-31-18-24-16-21-14-23-15-22-17-25-19-32-28-10-12-30-29-11-9-27(31)41(51)55(29)61(59,60)56(30)42(28)52-40(32)46-37(25)35(22)44-38(23)43-34(21)36(24)45(39)49-47(43)48(44)50(46)54(53(49)57)58(52)60/h2-4,6-7,9-12,14-15,18-19H,5,8,13,16-17,20H2,1H3. The lowest BCUT2D eigenvalue weighted by Crippen LogP contribution is -2.74. The maximum atomic E-state index is 13.1. The highest BCUT2D eigenvalue weighted by Gasteiger charge is 2.82. The van der Waals surface area contributed by atoms with E-state index in [1.807, 2.05) is 0 Å². The third kappa shape index (κ3) is 2.05. The second kappa shape index (κ2) is 7.62. The van der Waals surface area contributed by atoms with Gasteiger partial charge < -0.3 is 4.74 Å². The molecule has 63 heavy (non-hydrogen) atoms. The van der Waals surface area contributed by atoms with Crippen molar-refractivity contribution in [2.75, 3.05) is 7.11 Å². The number of ether oxygens (including phenoxy) is 1. The Balaban J connectivity index is 1.14. The molecule has 0 amide bonds. The molecule has 2 nitrogen and oxygen atoms in total. The van der Waals surface area contributed by atoms with E-state index in [4.69, 9.17) is 4.74 Å². The first kappa shape index (κ1) is 28.5. The molecular weight excluding hydrogens is 765 g/mol. The molecule has 0 saturated heterocycles. The number of hydrogen-bond acceptors (Lipinski definition) is 2. The van der Waals surface area contributed by atoms with Gasteiger partial charge >= 0.3 is 5.97 Å². The summed E-state index contributed by atoms with van der Waals surface area (Å²) in [6.45, 7) is 0.